The van der Waals surface area contributed by atoms with E-state index in [2.05, 4.69) is 199 Å². The first kappa shape index (κ1) is 35.6. The summed E-state index contributed by atoms with van der Waals surface area (Å²) in [5.41, 5.74) is 16.7. The summed E-state index contributed by atoms with van der Waals surface area (Å²) in [6.07, 6.45) is 0. The fraction of sp³-hybridized carbons (Fsp3) is 0.143. The molecule has 14 rings (SSSR count). The summed E-state index contributed by atoms with van der Waals surface area (Å²) in [6, 6.07) is 61.3. The van der Waals surface area contributed by atoms with Crippen LogP contribution in [-0.2, 0) is 5.41 Å². The minimum absolute atomic E-state index is 0.0530. The molecule has 0 aromatic heterocycles. The van der Waals surface area contributed by atoms with Crippen LogP contribution in [0.2, 0.25) is 0 Å². The summed E-state index contributed by atoms with van der Waals surface area (Å²) >= 11 is 0. The SMILES string of the molecule is CC(C)c1c2c(c(C(C)C)c3cc4c5cc6ccccc6cc5c5cc(-c6ccc7c(c6)C(C)(C)c6ccccc6-7)ccc5c4cc13)-c1ccc3ccc4cccc5cc-2c1c3c45. The van der Waals surface area contributed by atoms with E-state index in [0.717, 1.165) is 0 Å². The summed E-state index contributed by atoms with van der Waals surface area (Å²) in [7, 11) is 0. The molecule has 0 spiro atoms. The molecule has 0 nitrogen and oxygen atoms in total. The lowest BCUT2D eigenvalue weighted by Crippen LogP contribution is -2.14. The van der Waals surface area contributed by atoms with Crippen LogP contribution in [0.1, 0.15) is 75.6 Å². The smallest absolute Gasteiger partial charge is 0.0159 e. The van der Waals surface area contributed by atoms with Crippen LogP contribution in [-0.4, -0.2) is 0 Å². The Morgan fingerprint density at radius 2 is 0.841 bits per heavy atom. The van der Waals surface area contributed by atoms with Crippen LogP contribution in [0.25, 0.3) is 131 Å². The zero-order valence-electron chi connectivity index (χ0n) is 36.7. The minimum atomic E-state index is -0.0530. The number of rotatable bonds is 3. The van der Waals surface area contributed by atoms with E-state index in [1.54, 1.807) is 0 Å². The van der Waals surface area contributed by atoms with Gasteiger partial charge in [0.05, 0.1) is 0 Å². The maximum Gasteiger partial charge on any atom is 0.0159 e. The molecule has 12 aromatic carbocycles. The van der Waals surface area contributed by atoms with Crippen LogP contribution in [0, 0.1) is 0 Å². The molecule has 0 saturated carbocycles. The van der Waals surface area contributed by atoms with Crippen molar-refractivity contribution in [2.75, 3.05) is 0 Å². The quantitative estimate of drug-likeness (QED) is 0.123. The second kappa shape index (κ2) is 12.1. The number of hydrogen-bond donors (Lipinski definition) is 0. The van der Waals surface area contributed by atoms with Gasteiger partial charge in [-0.3, -0.25) is 0 Å². The molecule has 0 fully saturated rings. The van der Waals surface area contributed by atoms with E-state index in [1.807, 2.05) is 0 Å². The van der Waals surface area contributed by atoms with Crippen LogP contribution in [0.15, 0.2) is 158 Å². The van der Waals surface area contributed by atoms with Crippen LogP contribution in [0.3, 0.4) is 0 Å². The molecule has 0 radical (unpaired) electrons. The predicted molar refractivity (Wildman–Crippen MR) is 273 cm³/mol. The molecule has 0 heteroatoms. The van der Waals surface area contributed by atoms with E-state index in [1.165, 1.54) is 153 Å². The normalized spacial score (nSPS) is 14.0. The van der Waals surface area contributed by atoms with Gasteiger partial charge in [-0.05, 0) is 207 Å². The second-order valence-electron chi connectivity index (χ2n) is 19.9. The van der Waals surface area contributed by atoms with Gasteiger partial charge in [-0.15, -0.1) is 0 Å². The molecule has 63 heavy (non-hydrogen) atoms. The van der Waals surface area contributed by atoms with Gasteiger partial charge < -0.3 is 0 Å². The van der Waals surface area contributed by atoms with Crippen molar-refractivity contribution in [3.05, 3.63) is 180 Å². The maximum atomic E-state index is 2.61. The summed E-state index contributed by atoms with van der Waals surface area (Å²) < 4.78 is 0. The van der Waals surface area contributed by atoms with Crippen molar-refractivity contribution in [1.29, 1.82) is 0 Å². The molecule has 12 aromatic rings. The van der Waals surface area contributed by atoms with E-state index in [9.17, 15) is 0 Å². The van der Waals surface area contributed by atoms with Gasteiger partial charge in [0.15, 0.2) is 0 Å². The first-order valence-electron chi connectivity index (χ1n) is 23.0. The van der Waals surface area contributed by atoms with E-state index >= 15 is 0 Å². The highest BCUT2D eigenvalue weighted by molar-refractivity contribution is 6.35. The molecule has 2 aliphatic carbocycles. The molecule has 0 aliphatic heterocycles. The van der Waals surface area contributed by atoms with Crippen LogP contribution in [0.4, 0.5) is 0 Å². The van der Waals surface area contributed by atoms with Gasteiger partial charge in [0, 0.05) is 5.41 Å². The van der Waals surface area contributed by atoms with Gasteiger partial charge in [-0.2, -0.15) is 0 Å². The Balaban J connectivity index is 1.10. The van der Waals surface area contributed by atoms with Gasteiger partial charge in [0.2, 0.25) is 0 Å². The van der Waals surface area contributed by atoms with Crippen molar-refractivity contribution in [3.63, 3.8) is 0 Å². The fourth-order valence-corrected chi connectivity index (χ4v) is 12.8. The third kappa shape index (κ3) is 4.51. The summed E-state index contributed by atoms with van der Waals surface area (Å²) in [5, 5.41) is 21.5. The first-order chi connectivity index (χ1) is 30.7. The highest BCUT2D eigenvalue weighted by Gasteiger charge is 2.36. The third-order valence-corrected chi connectivity index (χ3v) is 15.5. The number of hydrogen-bond acceptors (Lipinski definition) is 0. The summed E-state index contributed by atoms with van der Waals surface area (Å²) in [4.78, 5) is 0. The van der Waals surface area contributed by atoms with Gasteiger partial charge in [0.1, 0.15) is 0 Å². The van der Waals surface area contributed by atoms with Crippen LogP contribution >= 0.6 is 0 Å². The van der Waals surface area contributed by atoms with Crippen molar-refractivity contribution in [3.8, 4) is 44.5 Å². The summed E-state index contributed by atoms with van der Waals surface area (Å²) in [5.74, 6) is 0.637. The van der Waals surface area contributed by atoms with Crippen molar-refractivity contribution < 1.29 is 0 Å². The van der Waals surface area contributed by atoms with Gasteiger partial charge in [-0.1, -0.05) is 157 Å². The lowest BCUT2D eigenvalue weighted by Gasteiger charge is -2.25. The Kier molecular flexibility index (Phi) is 6.84. The van der Waals surface area contributed by atoms with Gasteiger partial charge in [0.25, 0.3) is 0 Å². The zero-order chi connectivity index (χ0) is 42.2. The monoisotopic (exact) mass is 802 g/mol. The largest absolute Gasteiger partial charge is 0.0619 e. The van der Waals surface area contributed by atoms with Crippen molar-refractivity contribution in [2.24, 2.45) is 0 Å². The standard InChI is InChI=1S/C63H46/c1-33(2)56-52-32-50-48-27-38-13-8-7-12-37(38)26-47(48)46-28-39(40-22-24-44-43-16-9-10-17-54(43)63(5,6)55(44)30-40)21-23-42(46)49(50)31-51(52)57(34(3)4)62-53-29-41-15-11-14-35-18-19-36-20-25-45(61(56)62)60(53)59(36)58(35)41/h7-34H,1-6H3. The fourth-order valence-electron chi connectivity index (χ4n) is 12.8. The molecule has 0 N–H and O–H groups in total. The predicted octanol–water partition coefficient (Wildman–Crippen LogP) is 18.2. The zero-order valence-corrected chi connectivity index (χ0v) is 36.7. The van der Waals surface area contributed by atoms with Crippen molar-refractivity contribution in [2.45, 2.75) is 58.8 Å². The minimum Gasteiger partial charge on any atom is -0.0619 e. The number of benzene rings is 12. The summed E-state index contributed by atoms with van der Waals surface area (Å²) in [6.45, 7) is 14.4. The highest BCUT2D eigenvalue weighted by Crippen LogP contribution is 2.59. The molecular weight excluding hydrogens is 757 g/mol. The second-order valence-corrected chi connectivity index (χ2v) is 19.9. The van der Waals surface area contributed by atoms with Crippen LogP contribution in [0.5, 0.6) is 0 Å². The van der Waals surface area contributed by atoms with Crippen molar-refractivity contribution >= 4 is 86.2 Å². The van der Waals surface area contributed by atoms with E-state index in [0.29, 0.717) is 11.8 Å². The lowest BCUT2D eigenvalue weighted by atomic mass is 9.79. The molecule has 0 bridgehead atoms. The molecule has 0 atom stereocenters. The Hall–Kier alpha value is -7.02. The third-order valence-electron chi connectivity index (χ3n) is 15.5. The van der Waals surface area contributed by atoms with Crippen LogP contribution < -0.4 is 0 Å². The average Bonchev–Trinajstić information content (AvgIpc) is 3.74. The molecule has 0 heterocycles. The Bertz CT molecular complexity index is 4040. The van der Waals surface area contributed by atoms with Gasteiger partial charge >= 0.3 is 0 Å². The Morgan fingerprint density at radius 1 is 0.317 bits per heavy atom. The molecule has 0 unspecified atom stereocenters. The molecule has 0 amide bonds. The molecule has 0 saturated heterocycles. The van der Waals surface area contributed by atoms with E-state index in [-0.39, 0.29) is 5.41 Å². The van der Waals surface area contributed by atoms with E-state index < -0.39 is 0 Å². The lowest BCUT2D eigenvalue weighted by molar-refractivity contribution is 0.660. The maximum absolute atomic E-state index is 2.61. The molecule has 298 valence electrons. The molecule has 2 aliphatic rings. The average molecular weight is 803 g/mol. The van der Waals surface area contributed by atoms with Gasteiger partial charge in [-0.25, -0.2) is 0 Å². The Morgan fingerprint density at radius 3 is 1.57 bits per heavy atom. The molecular formula is C63H46. The Labute approximate surface area is 367 Å². The van der Waals surface area contributed by atoms with E-state index in [4.69, 9.17) is 0 Å². The highest BCUT2D eigenvalue weighted by atomic mass is 14.4. The number of fused-ring (bicyclic) bond motifs is 14. The topological polar surface area (TPSA) is 0 Å². The first-order valence-corrected chi connectivity index (χ1v) is 23.0. The van der Waals surface area contributed by atoms with Crippen molar-refractivity contribution in [1.82, 2.24) is 0 Å².